The van der Waals surface area contributed by atoms with Crippen LogP contribution < -0.4 is 15.2 Å². The predicted molar refractivity (Wildman–Crippen MR) is 116 cm³/mol. The third-order valence-electron chi connectivity index (χ3n) is 5.06. The van der Waals surface area contributed by atoms with Crippen LogP contribution >= 0.6 is 0 Å². The number of carbonyl (C=O) groups excluding carboxylic acids is 1. The summed E-state index contributed by atoms with van der Waals surface area (Å²) in [7, 11) is 0. The highest BCUT2D eigenvalue weighted by Gasteiger charge is 2.20. The van der Waals surface area contributed by atoms with Gasteiger partial charge in [0.2, 0.25) is 12.2 Å². The van der Waals surface area contributed by atoms with Crippen LogP contribution in [-0.4, -0.2) is 22.1 Å². The van der Waals surface area contributed by atoms with Crippen molar-refractivity contribution in [3.8, 4) is 5.75 Å². The Morgan fingerprint density at radius 3 is 2.62 bits per heavy atom. The molecule has 4 rings (SSSR count). The third-order valence-corrected chi connectivity index (χ3v) is 5.06. The largest absolute Gasteiger partial charge is 0.872 e. The molecular weight excluding hydrogens is 410 g/mol. The van der Waals surface area contributed by atoms with Crippen molar-refractivity contribution < 1.29 is 19.5 Å². The van der Waals surface area contributed by atoms with E-state index in [1.807, 2.05) is 24.3 Å². The van der Waals surface area contributed by atoms with Gasteiger partial charge in [0.05, 0.1) is 6.21 Å². The zero-order chi connectivity index (χ0) is 22.7. The molecule has 2 N–H and O–H groups in total. The van der Waals surface area contributed by atoms with Crippen LogP contribution in [0.3, 0.4) is 0 Å². The molecule has 9 heteroatoms. The molecule has 0 aliphatic heterocycles. The Labute approximate surface area is 182 Å². The van der Waals surface area contributed by atoms with Crippen molar-refractivity contribution in [2.24, 2.45) is 5.10 Å². The standard InChI is InChI=1S/C23H19N5O4/c1-15-12-22(28(31)32)26-27(15)14-16-6-8-18(9-7-16)23(30)25-24-13-20-19-5-3-2-4-17(19)10-11-21(20)29/h2-13H,14H2,1H3,(H2,24,25,29,30). The molecular formula is C23H19N5O4. The minimum atomic E-state index is -0.481. The number of aryl methyl sites for hydroxylation is 1. The van der Waals surface area contributed by atoms with E-state index in [4.69, 9.17) is 0 Å². The lowest BCUT2D eigenvalue weighted by atomic mass is 10.0. The van der Waals surface area contributed by atoms with Gasteiger partial charge in [0.1, 0.15) is 6.07 Å². The lowest BCUT2D eigenvalue weighted by Gasteiger charge is -2.12. The first-order valence-corrected chi connectivity index (χ1v) is 9.77. The van der Waals surface area contributed by atoms with Gasteiger partial charge < -0.3 is 15.2 Å². The molecule has 1 aromatic heterocycles. The van der Waals surface area contributed by atoms with Crippen LogP contribution in [0.25, 0.3) is 10.8 Å². The average Bonchev–Trinajstić information content (AvgIpc) is 3.16. The molecule has 0 bridgehead atoms. The second-order valence-electron chi connectivity index (χ2n) is 7.22. The van der Waals surface area contributed by atoms with Crippen molar-refractivity contribution in [3.05, 3.63) is 99.2 Å². The van der Waals surface area contributed by atoms with E-state index in [2.05, 4.69) is 15.6 Å². The Morgan fingerprint density at radius 1 is 1.16 bits per heavy atom. The van der Waals surface area contributed by atoms with Gasteiger partial charge in [0.25, 0.3) is 5.91 Å². The Kier molecular flexibility index (Phi) is 5.63. The lowest BCUT2D eigenvalue weighted by Crippen LogP contribution is -2.38. The Balaban J connectivity index is 1.44. The topological polar surface area (TPSA) is 127 Å². The van der Waals surface area contributed by atoms with Gasteiger partial charge in [-0.2, -0.15) is 5.10 Å². The summed E-state index contributed by atoms with van der Waals surface area (Å²) in [4.78, 5) is 22.8. The van der Waals surface area contributed by atoms with Gasteiger partial charge in [-0.05, 0) is 43.2 Å². The van der Waals surface area contributed by atoms with E-state index in [0.717, 1.165) is 22.0 Å². The van der Waals surface area contributed by atoms with E-state index in [1.54, 1.807) is 41.9 Å². The molecule has 0 saturated carbocycles. The fraction of sp³-hybridized carbons (Fsp3) is 0.0870. The molecule has 0 aliphatic rings. The molecule has 0 saturated heterocycles. The molecule has 1 amide bonds. The van der Waals surface area contributed by atoms with Crippen LogP contribution in [0, 0.1) is 17.0 Å². The summed E-state index contributed by atoms with van der Waals surface area (Å²) >= 11 is 0. The Bertz CT molecular complexity index is 1340. The van der Waals surface area contributed by atoms with Crippen molar-refractivity contribution in [1.82, 2.24) is 10.5 Å². The number of rotatable bonds is 6. The first-order valence-electron chi connectivity index (χ1n) is 9.77. The molecule has 0 fully saturated rings. The number of nitrogens with one attached hydrogen (secondary N) is 2. The van der Waals surface area contributed by atoms with Crippen molar-refractivity contribution >= 4 is 28.7 Å². The maximum Gasteiger partial charge on any atom is 0.379 e. The number of H-pyrrole nitrogens is 1. The molecule has 1 heterocycles. The van der Waals surface area contributed by atoms with Gasteiger partial charge in [-0.1, -0.05) is 54.3 Å². The fourth-order valence-corrected chi connectivity index (χ4v) is 3.37. The van der Waals surface area contributed by atoms with E-state index in [-0.39, 0.29) is 11.6 Å². The van der Waals surface area contributed by atoms with Gasteiger partial charge >= 0.3 is 5.82 Å². The van der Waals surface area contributed by atoms with Gasteiger partial charge in [0.15, 0.2) is 0 Å². The number of aromatic amines is 1. The molecule has 9 nitrogen and oxygen atoms in total. The number of hydrogen-bond donors (Lipinski definition) is 2. The number of nitrogens with zero attached hydrogens (tertiary/aromatic N) is 3. The van der Waals surface area contributed by atoms with Crippen LogP contribution in [0.1, 0.15) is 27.2 Å². The van der Waals surface area contributed by atoms with Crippen molar-refractivity contribution in [2.75, 3.05) is 0 Å². The van der Waals surface area contributed by atoms with E-state index >= 15 is 0 Å². The number of nitro groups is 1. The summed E-state index contributed by atoms with van der Waals surface area (Å²) in [5, 5.41) is 31.4. The quantitative estimate of drug-likeness (QED) is 0.211. The minimum absolute atomic E-state index is 0.0798. The number of benzene rings is 3. The van der Waals surface area contributed by atoms with E-state index in [9.17, 15) is 20.0 Å². The average molecular weight is 429 g/mol. The zero-order valence-electron chi connectivity index (χ0n) is 17.1. The normalized spacial score (nSPS) is 11.2. The molecule has 0 radical (unpaired) electrons. The second kappa shape index (κ2) is 8.68. The van der Waals surface area contributed by atoms with Gasteiger partial charge in [-0.15, -0.1) is 0 Å². The maximum absolute atomic E-state index is 12.4. The number of hydrogen-bond acceptors (Lipinski definition) is 5. The summed E-state index contributed by atoms with van der Waals surface area (Å²) in [5.74, 6) is -0.674. The lowest BCUT2D eigenvalue weighted by molar-refractivity contribution is -0.749. The summed E-state index contributed by atoms with van der Waals surface area (Å²) in [5.41, 5.74) is 4.83. The Hall–Kier alpha value is -4.53. The highest BCUT2D eigenvalue weighted by Crippen LogP contribution is 2.23. The molecule has 4 aromatic rings. The van der Waals surface area contributed by atoms with Gasteiger partial charge in [-0.3, -0.25) is 4.79 Å². The Morgan fingerprint density at radius 2 is 1.91 bits per heavy atom. The molecule has 160 valence electrons. The molecule has 0 unspecified atom stereocenters. The van der Waals surface area contributed by atoms with Crippen LogP contribution in [0.4, 0.5) is 5.82 Å². The smallest absolute Gasteiger partial charge is 0.379 e. The van der Waals surface area contributed by atoms with E-state index in [1.165, 1.54) is 18.3 Å². The van der Waals surface area contributed by atoms with Gasteiger partial charge in [-0.25, -0.2) is 5.43 Å². The summed E-state index contributed by atoms with van der Waals surface area (Å²) in [6.45, 7) is 2.17. The monoisotopic (exact) mass is 429 g/mol. The SMILES string of the molecule is Cc1cc([N+](=O)[O-])[nH][n+]1Cc1ccc(C(=O)N/N=C/c2c([O-])ccc3ccccc23)cc1. The number of amides is 1. The highest BCUT2D eigenvalue weighted by molar-refractivity contribution is 6.03. The van der Waals surface area contributed by atoms with Crippen LogP contribution in [-0.2, 0) is 6.54 Å². The van der Waals surface area contributed by atoms with Crippen LogP contribution in [0.2, 0.25) is 0 Å². The number of fused-ring (bicyclic) bond motifs is 1. The molecule has 32 heavy (non-hydrogen) atoms. The number of aromatic nitrogens is 2. The van der Waals surface area contributed by atoms with Crippen LogP contribution in [0.15, 0.2) is 71.8 Å². The highest BCUT2D eigenvalue weighted by atomic mass is 16.6. The fourth-order valence-electron chi connectivity index (χ4n) is 3.37. The second-order valence-corrected chi connectivity index (χ2v) is 7.22. The summed E-state index contributed by atoms with van der Waals surface area (Å²) < 4.78 is 1.65. The van der Waals surface area contributed by atoms with E-state index < -0.39 is 10.8 Å². The summed E-state index contributed by atoms with van der Waals surface area (Å²) in [6, 6.07) is 19.0. The maximum atomic E-state index is 12.4. The predicted octanol–water partition coefficient (Wildman–Crippen LogP) is 2.56. The number of hydrazone groups is 1. The molecule has 0 atom stereocenters. The van der Waals surface area contributed by atoms with Crippen molar-refractivity contribution in [3.63, 3.8) is 0 Å². The van der Waals surface area contributed by atoms with Crippen LogP contribution in [0.5, 0.6) is 5.75 Å². The zero-order valence-corrected chi connectivity index (χ0v) is 17.1. The van der Waals surface area contributed by atoms with Crippen molar-refractivity contribution in [2.45, 2.75) is 13.5 Å². The summed E-state index contributed by atoms with van der Waals surface area (Å²) in [6.07, 6.45) is 1.36. The van der Waals surface area contributed by atoms with E-state index in [0.29, 0.717) is 17.7 Å². The first-order chi connectivity index (χ1) is 15.4. The molecule has 0 spiro atoms. The molecule has 0 aliphatic carbocycles. The molecule has 3 aromatic carbocycles. The third kappa shape index (κ3) is 4.31. The van der Waals surface area contributed by atoms with Gasteiger partial charge in [0, 0.05) is 18.1 Å². The first kappa shape index (κ1) is 20.7. The number of carbonyl (C=O) groups is 1. The minimum Gasteiger partial charge on any atom is -0.872 e. The van der Waals surface area contributed by atoms with Crippen molar-refractivity contribution in [1.29, 1.82) is 0 Å².